The van der Waals surface area contributed by atoms with Crippen LogP contribution in [0.4, 0.5) is 0 Å². The molecule has 0 radical (unpaired) electrons. The zero-order chi connectivity index (χ0) is 19.9. The number of guanidine groups is 1. The molecule has 1 fully saturated rings. The van der Waals surface area contributed by atoms with Crippen LogP contribution in [0.1, 0.15) is 24.2 Å². The van der Waals surface area contributed by atoms with Crippen molar-refractivity contribution < 1.29 is 14.2 Å². The van der Waals surface area contributed by atoms with E-state index in [1.54, 1.807) is 18.8 Å². The van der Waals surface area contributed by atoms with E-state index in [0.717, 1.165) is 41.7 Å². The van der Waals surface area contributed by atoms with Crippen molar-refractivity contribution in [2.45, 2.75) is 19.6 Å². The highest BCUT2D eigenvalue weighted by atomic mass is 127. The molecule has 29 heavy (non-hydrogen) atoms. The van der Waals surface area contributed by atoms with Crippen molar-refractivity contribution in [2.75, 3.05) is 40.5 Å². The second-order valence-electron chi connectivity index (χ2n) is 6.57. The number of ether oxygens (including phenoxy) is 3. The van der Waals surface area contributed by atoms with Crippen LogP contribution in [0.5, 0.6) is 11.5 Å². The lowest BCUT2D eigenvalue weighted by atomic mass is 10.1. The van der Waals surface area contributed by atoms with E-state index in [4.69, 9.17) is 14.2 Å². The van der Waals surface area contributed by atoms with Gasteiger partial charge in [-0.05, 0) is 24.6 Å². The molecule has 9 heteroatoms. The first-order valence-electron chi connectivity index (χ1n) is 9.50. The molecule has 1 aliphatic heterocycles. The number of aromatic nitrogens is 2. The quantitative estimate of drug-likeness (QED) is 0.363. The summed E-state index contributed by atoms with van der Waals surface area (Å²) in [5.74, 6) is 2.34. The van der Waals surface area contributed by atoms with Gasteiger partial charge in [0.1, 0.15) is 6.10 Å². The monoisotopic (exact) mass is 515 g/mol. The van der Waals surface area contributed by atoms with Gasteiger partial charge in [-0.3, -0.25) is 9.67 Å². The molecule has 0 aliphatic carbocycles. The van der Waals surface area contributed by atoms with Crippen molar-refractivity contribution in [3.05, 3.63) is 41.7 Å². The Hall–Kier alpha value is -2.01. The molecular weight excluding hydrogens is 485 g/mol. The fraction of sp³-hybridized carbons (Fsp3) is 0.500. The number of morpholine rings is 1. The van der Waals surface area contributed by atoms with Gasteiger partial charge in [0.15, 0.2) is 17.5 Å². The first-order chi connectivity index (χ1) is 13.6. The van der Waals surface area contributed by atoms with Crippen molar-refractivity contribution in [3.8, 4) is 11.5 Å². The summed E-state index contributed by atoms with van der Waals surface area (Å²) in [5, 5.41) is 7.68. The second-order valence-corrected chi connectivity index (χ2v) is 6.57. The Morgan fingerprint density at radius 2 is 2.21 bits per heavy atom. The highest BCUT2D eigenvalue weighted by Crippen LogP contribution is 2.28. The van der Waals surface area contributed by atoms with Crippen LogP contribution in [0.25, 0.3) is 0 Å². The number of rotatable bonds is 6. The highest BCUT2D eigenvalue weighted by Gasteiger charge is 2.25. The van der Waals surface area contributed by atoms with E-state index in [-0.39, 0.29) is 30.1 Å². The van der Waals surface area contributed by atoms with E-state index in [2.05, 4.69) is 20.3 Å². The molecule has 1 aliphatic rings. The number of benzene rings is 1. The Balaban J connectivity index is 0.00000300. The molecule has 8 nitrogen and oxygen atoms in total. The molecule has 160 valence electrons. The molecule has 0 saturated carbocycles. The summed E-state index contributed by atoms with van der Waals surface area (Å²) in [6.45, 7) is 5.39. The number of aliphatic imine (C=N–C) groups is 1. The maximum Gasteiger partial charge on any atom is 0.194 e. The number of hydrogen-bond donors (Lipinski definition) is 1. The summed E-state index contributed by atoms with van der Waals surface area (Å²) in [7, 11) is 5.37. The largest absolute Gasteiger partial charge is 0.493 e. The van der Waals surface area contributed by atoms with Crippen molar-refractivity contribution in [2.24, 2.45) is 12.0 Å². The van der Waals surface area contributed by atoms with Crippen LogP contribution in [0.3, 0.4) is 0 Å². The van der Waals surface area contributed by atoms with Gasteiger partial charge in [-0.25, -0.2) is 0 Å². The number of halogens is 1. The van der Waals surface area contributed by atoms with Crippen molar-refractivity contribution in [1.29, 1.82) is 0 Å². The Labute approximate surface area is 189 Å². The van der Waals surface area contributed by atoms with Gasteiger partial charge in [-0.2, -0.15) is 5.10 Å². The third-order valence-corrected chi connectivity index (χ3v) is 4.65. The molecule has 1 aromatic carbocycles. The Morgan fingerprint density at radius 1 is 1.38 bits per heavy atom. The minimum absolute atomic E-state index is 0. The van der Waals surface area contributed by atoms with Crippen LogP contribution >= 0.6 is 24.0 Å². The topological polar surface area (TPSA) is 73.1 Å². The van der Waals surface area contributed by atoms with Gasteiger partial charge in [0.2, 0.25) is 0 Å². The third-order valence-electron chi connectivity index (χ3n) is 4.65. The molecule has 0 bridgehead atoms. The van der Waals surface area contributed by atoms with Crippen LogP contribution in [0.2, 0.25) is 0 Å². The van der Waals surface area contributed by atoms with Crippen molar-refractivity contribution in [1.82, 2.24) is 20.0 Å². The number of nitrogens with zero attached hydrogens (tertiary/aromatic N) is 4. The maximum atomic E-state index is 5.92. The normalized spacial score (nSPS) is 16.9. The van der Waals surface area contributed by atoms with Gasteiger partial charge >= 0.3 is 0 Å². The Morgan fingerprint density at radius 3 is 2.86 bits per heavy atom. The van der Waals surface area contributed by atoms with Crippen LogP contribution in [-0.4, -0.2) is 61.1 Å². The summed E-state index contributed by atoms with van der Waals surface area (Å²) in [4.78, 5) is 6.66. The van der Waals surface area contributed by atoms with Crippen LogP contribution in [0.15, 0.2) is 35.6 Å². The van der Waals surface area contributed by atoms with Crippen LogP contribution in [-0.2, 0) is 18.3 Å². The van der Waals surface area contributed by atoms with E-state index < -0.39 is 0 Å². The SMILES string of the molecule is CCOc1ccc(CNC(=NC)N2CCOC(c3cnn(C)c3)C2)cc1OC.I. The average Bonchev–Trinajstić information content (AvgIpc) is 3.16. The zero-order valence-electron chi connectivity index (χ0n) is 17.4. The number of nitrogens with one attached hydrogen (secondary N) is 1. The van der Waals surface area contributed by atoms with E-state index in [9.17, 15) is 0 Å². The number of methoxy groups -OCH3 is 1. The van der Waals surface area contributed by atoms with Gasteiger partial charge in [0, 0.05) is 38.9 Å². The van der Waals surface area contributed by atoms with Crippen molar-refractivity contribution >= 4 is 29.9 Å². The molecule has 1 N–H and O–H groups in total. The smallest absolute Gasteiger partial charge is 0.194 e. The molecule has 1 atom stereocenters. The predicted octanol–water partition coefficient (Wildman–Crippen LogP) is 2.59. The standard InChI is InChI=1S/C20H29N5O3.HI/c1-5-27-17-7-6-15(10-18(17)26-4)11-22-20(21-2)25-8-9-28-19(14-25)16-12-23-24(3)13-16;/h6-7,10,12-13,19H,5,8-9,11,14H2,1-4H3,(H,21,22);1H. The summed E-state index contributed by atoms with van der Waals surface area (Å²) in [6.07, 6.45) is 3.85. The zero-order valence-corrected chi connectivity index (χ0v) is 19.8. The molecule has 0 amide bonds. The fourth-order valence-electron chi connectivity index (χ4n) is 3.26. The molecular formula is C20H30IN5O3. The Bertz CT molecular complexity index is 811. The van der Waals surface area contributed by atoms with E-state index in [0.29, 0.717) is 19.8 Å². The summed E-state index contributed by atoms with van der Waals surface area (Å²) in [5.41, 5.74) is 2.18. The fourth-order valence-corrected chi connectivity index (χ4v) is 3.26. The van der Waals surface area contributed by atoms with Gasteiger partial charge in [-0.1, -0.05) is 6.07 Å². The molecule has 3 rings (SSSR count). The Kier molecular flexibility index (Phi) is 9.02. The minimum Gasteiger partial charge on any atom is -0.493 e. The van der Waals surface area contributed by atoms with Gasteiger partial charge in [-0.15, -0.1) is 24.0 Å². The number of hydrogen-bond acceptors (Lipinski definition) is 5. The third kappa shape index (κ3) is 5.99. The second kappa shape index (κ2) is 11.2. The molecule has 2 heterocycles. The van der Waals surface area contributed by atoms with Gasteiger partial charge < -0.3 is 24.4 Å². The lowest BCUT2D eigenvalue weighted by molar-refractivity contribution is -0.00805. The summed E-state index contributed by atoms with van der Waals surface area (Å²) < 4.78 is 18.7. The van der Waals surface area contributed by atoms with Gasteiger partial charge in [0.25, 0.3) is 0 Å². The highest BCUT2D eigenvalue weighted by molar-refractivity contribution is 14.0. The maximum absolute atomic E-state index is 5.92. The first kappa shape index (κ1) is 23.3. The average molecular weight is 515 g/mol. The van der Waals surface area contributed by atoms with E-state index in [1.165, 1.54) is 0 Å². The van der Waals surface area contributed by atoms with Crippen molar-refractivity contribution in [3.63, 3.8) is 0 Å². The van der Waals surface area contributed by atoms with E-state index >= 15 is 0 Å². The minimum atomic E-state index is -0.00781. The molecule has 1 unspecified atom stereocenters. The number of aryl methyl sites for hydroxylation is 1. The summed E-state index contributed by atoms with van der Waals surface area (Å²) in [6, 6.07) is 5.96. The lowest BCUT2D eigenvalue weighted by Crippen LogP contribution is -2.47. The molecule has 1 aromatic heterocycles. The molecule has 1 saturated heterocycles. The lowest BCUT2D eigenvalue weighted by Gasteiger charge is -2.34. The first-order valence-corrected chi connectivity index (χ1v) is 9.50. The molecule has 2 aromatic rings. The van der Waals surface area contributed by atoms with Crippen LogP contribution < -0.4 is 14.8 Å². The summed E-state index contributed by atoms with van der Waals surface area (Å²) >= 11 is 0. The van der Waals surface area contributed by atoms with Crippen LogP contribution in [0, 0.1) is 0 Å². The van der Waals surface area contributed by atoms with Gasteiger partial charge in [0.05, 0.1) is 33.1 Å². The predicted molar refractivity (Wildman–Crippen MR) is 123 cm³/mol. The van der Waals surface area contributed by atoms with E-state index in [1.807, 2.05) is 44.6 Å². The molecule has 0 spiro atoms.